The third kappa shape index (κ3) is 11.9. The molecule has 0 heterocycles. The zero-order valence-corrected chi connectivity index (χ0v) is 19.3. The minimum absolute atomic E-state index is 0. The minimum Gasteiger partial charge on any atom is -0.461 e. The van der Waals surface area contributed by atoms with Crippen molar-refractivity contribution in [1.29, 1.82) is 0 Å². The molecule has 2 saturated carbocycles. The van der Waals surface area contributed by atoms with Gasteiger partial charge in [-0.2, -0.15) is 8.78 Å². The summed E-state index contributed by atoms with van der Waals surface area (Å²) in [6.07, 6.45) is 10.5. The molecule has 1 aromatic carbocycles. The SMILES string of the molecule is C.O=C(OCc1ccccc1)C1CCC(CC=C(F)F)CC1.OCC1CCC(C/C=C/F)CC1. The first kappa shape index (κ1) is 30.0. The van der Waals surface area contributed by atoms with Crippen LogP contribution >= 0.6 is 0 Å². The Morgan fingerprint density at radius 3 is 2.03 bits per heavy atom. The van der Waals surface area contributed by atoms with E-state index in [1.54, 1.807) is 6.08 Å². The van der Waals surface area contributed by atoms with Crippen molar-refractivity contribution >= 4 is 5.97 Å². The summed E-state index contributed by atoms with van der Waals surface area (Å²) in [7, 11) is 0. The molecule has 2 fully saturated rings. The molecule has 192 valence electrons. The molecule has 0 spiro atoms. The van der Waals surface area contributed by atoms with Gasteiger partial charge in [0.05, 0.1) is 12.2 Å². The van der Waals surface area contributed by atoms with Crippen molar-refractivity contribution < 1.29 is 27.8 Å². The summed E-state index contributed by atoms with van der Waals surface area (Å²) in [5, 5.41) is 8.88. The van der Waals surface area contributed by atoms with E-state index in [0.717, 1.165) is 69.4 Å². The van der Waals surface area contributed by atoms with Gasteiger partial charge in [0.25, 0.3) is 6.08 Å². The number of aliphatic hydroxyl groups excluding tert-OH is 1. The summed E-state index contributed by atoms with van der Waals surface area (Å²) in [5.74, 6) is 1.19. The maximum absolute atomic E-state index is 12.0. The van der Waals surface area contributed by atoms with Crippen LogP contribution in [0.25, 0.3) is 0 Å². The standard InChI is InChI=1S/C17H20F2O2.C10H17FO.CH4/c18-16(19)11-8-13-6-9-15(10-7-13)17(20)21-12-14-4-2-1-3-5-14;11-7-1-2-9-3-5-10(8-12)6-4-9;/h1-5,11,13,15H,6-10,12H2;1,7,9-10,12H,2-6,8H2;1H4/b;7-1+;. The van der Waals surface area contributed by atoms with Gasteiger partial charge in [-0.15, -0.1) is 0 Å². The van der Waals surface area contributed by atoms with Crippen molar-refractivity contribution in [2.45, 2.75) is 78.2 Å². The van der Waals surface area contributed by atoms with Crippen molar-refractivity contribution in [3.63, 3.8) is 0 Å². The van der Waals surface area contributed by atoms with E-state index in [4.69, 9.17) is 9.84 Å². The zero-order valence-electron chi connectivity index (χ0n) is 19.3. The highest BCUT2D eigenvalue weighted by atomic mass is 19.3. The number of hydrogen-bond acceptors (Lipinski definition) is 3. The molecule has 34 heavy (non-hydrogen) atoms. The maximum atomic E-state index is 12.0. The molecule has 1 N–H and O–H groups in total. The van der Waals surface area contributed by atoms with E-state index in [-0.39, 0.29) is 25.2 Å². The molecule has 3 nitrogen and oxygen atoms in total. The second kappa shape index (κ2) is 17.4. The molecule has 2 aliphatic rings. The second-order valence-electron chi connectivity index (χ2n) is 9.21. The second-order valence-corrected chi connectivity index (χ2v) is 9.21. The molecule has 0 amide bonds. The van der Waals surface area contributed by atoms with Crippen LogP contribution in [-0.2, 0) is 16.1 Å². The molecule has 3 rings (SSSR count). The van der Waals surface area contributed by atoms with Crippen LogP contribution in [0.1, 0.15) is 77.2 Å². The number of carbonyl (C=O) groups excluding carboxylic acids is 1. The van der Waals surface area contributed by atoms with Gasteiger partial charge < -0.3 is 9.84 Å². The predicted molar refractivity (Wildman–Crippen MR) is 131 cm³/mol. The number of carbonyl (C=O) groups is 1. The van der Waals surface area contributed by atoms with Crippen molar-refractivity contribution in [3.05, 3.63) is 60.5 Å². The summed E-state index contributed by atoms with van der Waals surface area (Å²) < 4.78 is 41.1. The summed E-state index contributed by atoms with van der Waals surface area (Å²) in [6, 6.07) is 9.57. The van der Waals surface area contributed by atoms with E-state index in [9.17, 15) is 18.0 Å². The van der Waals surface area contributed by atoms with Crippen LogP contribution in [0.2, 0.25) is 0 Å². The van der Waals surface area contributed by atoms with Gasteiger partial charge >= 0.3 is 5.97 Å². The van der Waals surface area contributed by atoms with Crippen molar-refractivity contribution in [2.75, 3.05) is 6.61 Å². The van der Waals surface area contributed by atoms with E-state index in [2.05, 4.69) is 0 Å². The maximum Gasteiger partial charge on any atom is 0.309 e. The lowest BCUT2D eigenvalue weighted by molar-refractivity contribution is -0.151. The van der Waals surface area contributed by atoms with Gasteiger partial charge in [-0.25, -0.2) is 4.39 Å². The number of aliphatic hydroxyl groups is 1. The first-order valence-electron chi connectivity index (χ1n) is 12.1. The number of halogens is 3. The fourth-order valence-corrected chi connectivity index (χ4v) is 4.63. The third-order valence-electron chi connectivity index (χ3n) is 6.79. The number of benzene rings is 1. The quantitative estimate of drug-likeness (QED) is 0.382. The normalized spacial score (nSPS) is 24.4. The Morgan fingerprint density at radius 1 is 0.912 bits per heavy atom. The smallest absolute Gasteiger partial charge is 0.309 e. The van der Waals surface area contributed by atoms with Crippen LogP contribution in [0.3, 0.4) is 0 Å². The molecule has 0 radical (unpaired) electrons. The highest BCUT2D eigenvalue weighted by Gasteiger charge is 2.27. The Balaban J connectivity index is 0.000000380. The molecule has 6 heteroatoms. The summed E-state index contributed by atoms with van der Waals surface area (Å²) >= 11 is 0. The Morgan fingerprint density at radius 2 is 1.47 bits per heavy atom. The fourth-order valence-electron chi connectivity index (χ4n) is 4.63. The van der Waals surface area contributed by atoms with Crippen molar-refractivity contribution in [3.8, 4) is 0 Å². The highest BCUT2D eigenvalue weighted by molar-refractivity contribution is 5.72. The molecule has 0 bridgehead atoms. The largest absolute Gasteiger partial charge is 0.461 e. The first-order valence-corrected chi connectivity index (χ1v) is 12.1. The number of hydrogen-bond donors (Lipinski definition) is 1. The Bertz CT molecular complexity index is 716. The van der Waals surface area contributed by atoms with Gasteiger partial charge in [-0.05, 0) is 93.6 Å². The topological polar surface area (TPSA) is 46.5 Å². The van der Waals surface area contributed by atoms with Crippen LogP contribution in [0.5, 0.6) is 0 Å². The molecule has 0 aromatic heterocycles. The van der Waals surface area contributed by atoms with E-state index in [0.29, 0.717) is 37.8 Å². The van der Waals surface area contributed by atoms with Gasteiger partial charge in [0.1, 0.15) is 6.61 Å². The number of rotatable bonds is 8. The molecule has 1 aromatic rings. The van der Waals surface area contributed by atoms with E-state index < -0.39 is 6.08 Å². The van der Waals surface area contributed by atoms with Crippen LogP contribution in [0, 0.1) is 23.7 Å². The number of ether oxygens (including phenoxy) is 1. The summed E-state index contributed by atoms with van der Waals surface area (Å²) in [6.45, 7) is 0.626. The summed E-state index contributed by atoms with van der Waals surface area (Å²) in [4.78, 5) is 12.0. The molecule has 0 unspecified atom stereocenters. The molecular formula is C28H41F3O3. The third-order valence-corrected chi connectivity index (χ3v) is 6.79. The van der Waals surface area contributed by atoms with E-state index in [1.807, 2.05) is 30.3 Å². The van der Waals surface area contributed by atoms with Crippen LogP contribution in [0.15, 0.2) is 54.9 Å². The minimum atomic E-state index is -1.61. The van der Waals surface area contributed by atoms with Crippen LogP contribution in [-0.4, -0.2) is 17.7 Å². The zero-order chi connectivity index (χ0) is 23.9. The van der Waals surface area contributed by atoms with Gasteiger partial charge in [0.2, 0.25) is 0 Å². The highest BCUT2D eigenvalue weighted by Crippen LogP contribution is 2.32. The lowest BCUT2D eigenvalue weighted by atomic mass is 9.80. The van der Waals surface area contributed by atoms with E-state index >= 15 is 0 Å². The van der Waals surface area contributed by atoms with Crippen LogP contribution in [0.4, 0.5) is 13.2 Å². The van der Waals surface area contributed by atoms with Gasteiger partial charge in [-0.1, -0.05) is 43.8 Å². The molecule has 0 saturated heterocycles. The predicted octanol–water partition coefficient (Wildman–Crippen LogP) is 8.00. The van der Waals surface area contributed by atoms with Crippen LogP contribution < -0.4 is 0 Å². The molecule has 0 atom stereocenters. The summed E-state index contributed by atoms with van der Waals surface area (Å²) in [5.41, 5.74) is 0.975. The lowest BCUT2D eigenvalue weighted by Gasteiger charge is -2.26. The first-order chi connectivity index (χ1) is 16.0. The Kier molecular flexibility index (Phi) is 15.3. The molecule has 2 aliphatic carbocycles. The van der Waals surface area contributed by atoms with Gasteiger partial charge in [0, 0.05) is 6.61 Å². The average molecular weight is 483 g/mol. The lowest BCUT2D eigenvalue weighted by Crippen LogP contribution is -2.23. The van der Waals surface area contributed by atoms with Gasteiger partial charge in [-0.3, -0.25) is 4.79 Å². The molecule has 0 aliphatic heterocycles. The van der Waals surface area contributed by atoms with E-state index in [1.165, 1.54) is 0 Å². The average Bonchev–Trinajstić information content (AvgIpc) is 2.86. The van der Waals surface area contributed by atoms with Gasteiger partial charge in [0.15, 0.2) is 0 Å². The Labute approximate surface area is 203 Å². The number of allylic oxidation sites excluding steroid dienone is 2. The molecular weight excluding hydrogens is 441 g/mol. The fraction of sp³-hybridized carbons (Fsp3) is 0.607. The number of esters is 1. The monoisotopic (exact) mass is 482 g/mol. The Hall–Kier alpha value is -2.08. The van der Waals surface area contributed by atoms with Crippen molar-refractivity contribution in [1.82, 2.24) is 0 Å². The van der Waals surface area contributed by atoms with Crippen molar-refractivity contribution in [2.24, 2.45) is 23.7 Å².